The van der Waals surface area contributed by atoms with Crippen LogP contribution in [0.1, 0.15) is 31.2 Å². The zero-order valence-corrected chi connectivity index (χ0v) is 12.0. The second kappa shape index (κ2) is 5.53. The predicted octanol–water partition coefficient (Wildman–Crippen LogP) is 3.90. The summed E-state index contributed by atoms with van der Waals surface area (Å²) in [6.07, 6.45) is 0. The van der Waals surface area contributed by atoms with Crippen LogP contribution in [-0.2, 0) is 0 Å². The van der Waals surface area contributed by atoms with Gasteiger partial charge in [0.15, 0.2) is 0 Å². The topological polar surface area (TPSA) is 37.8 Å². The molecule has 1 aromatic heterocycles. The van der Waals surface area contributed by atoms with Gasteiger partial charge in [-0.2, -0.15) is 0 Å². The normalized spacial score (nSPS) is 10.9. The van der Waals surface area contributed by atoms with Crippen LogP contribution in [0.4, 0.5) is 14.6 Å². The molecule has 0 radical (unpaired) electrons. The van der Waals surface area contributed by atoms with Crippen LogP contribution < -0.4 is 5.32 Å². The van der Waals surface area contributed by atoms with Crippen LogP contribution in [0.25, 0.3) is 11.3 Å². The minimum Gasteiger partial charge on any atom is -0.373 e. The molecule has 2 aromatic rings. The van der Waals surface area contributed by atoms with Gasteiger partial charge in [0.25, 0.3) is 0 Å². The second-order valence-electron chi connectivity index (χ2n) is 4.91. The first-order valence-electron chi connectivity index (χ1n) is 6.46. The van der Waals surface area contributed by atoms with E-state index in [-0.39, 0.29) is 11.5 Å². The van der Waals surface area contributed by atoms with Crippen molar-refractivity contribution >= 4 is 5.82 Å². The molecular formula is C15H17F2N3. The van der Waals surface area contributed by atoms with Crippen LogP contribution in [0.3, 0.4) is 0 Å². The van der Waals surface area contributed by atoms with Gasteiger partial charge in [0.05, 0.1) is 11.3 Å². The lowest BCUT2D eigenvalue weighted by Crippen LogP contribution is -2.07. The van der Waals surface area contributed by atoms with Gasteiger partial charge in [-0.1, -0.05) is 19.9 Å². The molecule has 0 aliphatic rings. The van der Waals surface area contributed by atoms with Crippen molar-refractivity contribution in [2.45, 2.75) is 26.7 Å². The molecule has 1 aromatic carbocycles. The van der Waals surface area contributed by atoms with E-state index in [2.05, 4.69) is 15.3 Å². The average molecular weight is 277 g/mol. The second-order valence-corrected chi connectivity index (χ2v) is 4.91. The third-order valence-electron chi connectivity index (χ3n) is 3.12. The third kappa shape index (κ3) is 2.48. The molecule has 0 aliphatic carbocycles. The summed E-state index contributed by atoms with van der Waals surface area (Å²) >= 11 is 0. The number of rotatable bonds is 3. The molecule has 1 heterocycles. The third-order valence-corrected chi connectivity index (χ3v) is 3.12. The monoisotopic (exact) mass is 277 g/mol. The Bertz CT molecular complexity index is 619. The number of nitrogens with zero attached hydrogens (tertiary/aromatic N) is 2. The molecule has 3 nitrogen and oxygen atoms in total. The Kier molecular flexibility index (Phi) is 3.97. The Morgan fingerprint density at radius 1 is 1.10 bits per heavy atom. The molecule has 0 spiro atoms. The molecule has 0 amide bonds. The van der Waals surface area contributed by atoms with E-state index in [1.165, 1.54) is 18.2 Å². The SMILES string of the molecule is CNc1nc(C(C)C)nc(-c2c(F)cccc2F)c1C. The maximum atomic E-state index is 14.0. The summed E-state index contributed by atoms with van der Waals surface area (Å²) in [6.45, 7) is 5.62. The van der Waals surface area contributed by atoms with E-state index in [1.54, 1.807) is 14.0 Å². The first-order valence-corrected chi connectivity index (χ1v) is 6.46. The van der Waals surface area contributed by atoms with Crippen molar-refractivity contribution in [3.8, 4) is 11.3 Å². The molecule has 0 fully saturated rings. The number of halogens is 2. The number of hydrogen-bond acceptors (Lipinski definition) is 3. The maximum Gasteiger partial charge on any atom is 0.135 e. The fourth-order valence-electron chi connectivity index (χ4n) is 2.00. The van der Waals surface area contributed by atoms with E-state index in [1.807, 2.05) is 13.8 Å². The van der Waals surface area contributed by atoms with E-state index in [4.69, 9.17) is 0 Å². The van der Waals surface area contributed by atoms with E-state index in [9.17, 15) is 8.78 Å². The number of hydrogen-bond donors (Lipinski definition) is 1. The van der Waals surface area contributed by atoms with Crippen molar-refractivity contribution in [3.63, 3.8) is 0 Å². The van der Waals surface area contributed by atoms with Crippen molar-refractivity contribution < 1.29 is 8.78 Å². The van der Waals surface area contributed by atoms with E-state index < -0.39 is 11.6 Å². The Labute approximate surface area is 117 Å². The fraction of sp³-hybridized carbons (Fsp3) is 0.333. The van der Waals surface area contributed by atoms with Crippen LogP contribution in [-0.4, -0.2) is 17.0 Å². The minimum absolute atomic E-state index is 0.0660. The molecule has 20 heavy (non-hydrogen) atoms. The van der Waals surface area contributed by atoms with Gasteiger partial charge >= 0.3 is 0 Å². The lowest BCUT2D eigenvalue weighted by Gasteiger charge is -2.14. The zero-order chi connectivity index (χ0) is 14.9. The molecule has 5 heteroatoms. The minimum atomic E-state index is -0.622. The standard InChI is InChI=1S/C15H17F2N3/c1-8(2)14-19-13(9(3)15(18-4)20-14)12-10(16)6-5-7-11(12)17/h5-8H,1-4H3,(H,18,19,20). The summed E-state index contributed by atoms with van der Waals surface area (Å²) in [6, 6.07) is 3.80. The lowest BCUT2D eigenvalue weighted by atomic mass is 10.0. The Hall–Kier alpha value is -2.04. The molecule has 0 bridgehead atoms. The molecule has 0 saturated carbocycles. The Morgan fingerprint density at radius 3 is 2.20 bits per heavy atom. The van der Waals surface area contributed by atoms with Gasteiger partial charge in [-0.3, -0.25) is 0 Å². The van der Waals surface area contributed by atoms with Crippen molar-refractivity contribution in [2.24, 2.45) is 0 Å². The largest absolute Gasteiger partial charge is 0.373 e. The molecule has 2 rings (SSSR count). The Morgan fingerprint density at radius 2 is 1.70 bits per heavy atom. The van der Waals surface area contributed by atoms with Crippen LogP contribution in [0.2, 0.25) is 0 Å². The highest BCUT2D eigenvalue weighted by atomic mass is 19.1. The van der Waals surface area contributed by atoms with Crippen LogP contribution in [0, 0.1) is 18.6 Å². The number of benzene rings is 1. The fourth-order valence-corrected chi connectivity index (χ4v) is 2.00. The van der Waals surface area contributed by atoms with Gasteiger partial charge in [-0.25, -0.2) is 18.7 Å². The van der Waals surface area contributed by atoms with E-state index >= 15 is 0 Å². The van der Waals surface area contributed by atoms with Gasteiger partial charge in [-0.05, 0) is 19.1 Å². The summed E-state index contributed by atoms with van der Waals surface area (Å²) in [5, 5.41) is 2.94. The quantitative estimate of drug-likeness (QED) is 0.924. The molecule has 0 unspecified atom stereocenters. The molecule has 0 aliphatic heterocycles. The van der Waals surface area contributed by atoms with Crippen molar-refractivity contribution in [1.29, 1.82) is 0 Å². The highest BCUT2D eigenvalue weighted by molar-refractivity contribution is 5.69. The van der Waals surface area contributed by atoms with Crippen molar-refractivity contribution in [1.82, 2.24) is 9.97 Å². The predicted molar refractivity (Wildman–Crippen MR) is 75.8 cm³/mol. The lowest BCUT2D eigenvalue weighted by molar-refractivity contribution is 0.588. The summed E-state index contributed by atoms with van der Waals surface area (Å²) in [5.41, 5.74) is 0.815. The number of anilines is 1. The molecule has 1 N–H and O–H groups in total. The zero-order valence-electron chi connectivity index (χ0n) is 12.0. The average Bonchev–Trinajstić information content (AvgIpc) is 2.40. The maximum absolute atomic E-state index is 14.0. The van der Waals surface area contributed by atoms with E-state index in [0.29, 0.717) is 22.9 Å². The molecule has 0 saturated heterocycles. The molecule has 106 valence electrons. The van der Waals surface area contributed by atoms with Crippen LogP contribution in [0.5, 0.6) is 0 Å². The smallest absolute Gasteiger partial charge is 0.135 e. The van der Waals surface area contributed by atoms with Gasteiger partial charge in [0.1, 0.15) is 23.3 Å². The first kappa shape index (κ1) is 14.4. The van der Waals surface area contributed by atoms with Gasteiger partial charge in [0, 0.05) is 18.5 Å². The van der Waals surface area contributed by atoms with Gasteiger partial charge in [0.2, 0.25) is 0 Å². The van der Waals surface area contributed by atoms with Gasteiger partial charge in [-0.15, -0.1) is 0 Å². The number of nitrogens with one attached hydrogen (secondary N) is 1. The van der Waals surface area contributed by atoms with Crippen molar-refractivity contribution in [2.75, 3.05) is 12.4 Å². The summed E-state index contributed by atoms with van der Waals surface area (Å²) in [7, 11) is 1.72. The van der Waals surface area contributed by atoms with Crippen LogP contribution in [0.15, 0.2) is 18.2 Å². The van der Waals surface area contributed by atoms with Crippen molar-refractivity contribution in [3.05, 3.63) is 41.2 Å². The summed E-state index contributed by atoms with van der Waals surface area (Å²) in [4.78, 5) is 8.71. The highest BCUT2D eigenvalue weighted by Crippen LogP contribution is 2.31. The summed E-state index contributed by atoms with van der Waals surface area (Å²) < 4.78 is 27.9. The Balaban J connectivity index is 2.76. The number of aromatic nitrogens is 2. The molecular weight excluding hydrogens is 260 g/mol. The summed E-state index contributed by atoms with van der Waals surface area (Å²) in [5.74, 6) is -0.0395. The molecule has 0 atom stereocenters. The first-order chi connectivity index (χ1) is 9.45. The highest BCUT2D eigenvalue weighted by Gasteiger charge is 2.19. The van der Waals surface area contributed by atoms with Crippen LogP contribution >= 0.6 is 0 Å². The van der Waals surface area contributed by atoms with Gasteiger partial charge < -0.3 is 5.32 Å². The van der Waals surface area contributed by atoms with E-state index in [0.717, 1.165) is 0 Å².